The topological polar surface area (TPSA) is 75.2 Å². The molecule has 0 saturated carbocycles. The fraction of sp³-hybridized carbons (Fsp3) is 0.474. The maximum Gasteiger partial charge on any atom is 0.286 e. The van der Waals surface area contributed by atoms with Crippen LogP contribution in [0.2, 0.25) is 5.02 Å². The first-order chi connectivity index (χ1) is 13.1. The van der Waals surface area contributed by atoms with E-state index in [-0.39, 0.29) is 17.7 Å². The maximum atomic E-state index is 12.4. The Labute approximate surface area is 167 Å². The highest BCUT2D eigenvalue weighted by Crippen LogP contribution is 2.30. The number of carbonyl (C=O) groups excluding carboxylic acids is 2. The zero-order valence-electron chi connectivity index (χ0n) is 15.3. The summed E-state index contributed by atoms with van der Waals surface area (Å²) in [5.41, 5.74) is 0.620. The Balaban J connectivity index is 1.62. The van der Waals surface area contributed by atoms with E-state index in [1.807, 2.05) is 4.90 Å². The van der Waals surface area contributed by atoms with Crippen molar-refractivity contribution in [1.82, 2.24) is 15.1 Å². The molecule has 2 amide bonds. The van der Waals surface area contributed by atoms with Crippen LogP contribution >= 0.6 is 22.9 Å². The van der Waals surface area contributed by atoms with Crippen LogP contribution in [-0.2, 0) is 4.79 Å². The van der Waals surface area contributed by atoms with Gasteiger partial charge in [0, 0.05) is 36.1 Å². The third kappa shape index (κ3) is 5.26. The van der Waals surface area contributed by atoms with Gasteiger partial charge in [0.05, 0.1) is 0 Å². The van der Waals surface area contributed by atoms with Gasteiger partial charge in [-0.05, 0) is 37.5 Å². The smallest absolute Gasteiger partial charge is 0.286 e. The second-order valence-corrected chi connectivity index (χ2v) is 8.14. The van der Waals surface area contributed by atoms with Gasteiger partial charge in [-0.3, -0.25) is 9.59 Å². The number of benzene rings is 1. The van der Waals surface area contributed by atoms with E-state index in [1.165, 1.54) is 11.3 Å². The second kappa shape index (κ2) is 9.28. The number of hydrogen-bond donors (Lipinski definition) is 1. The van der Waals surface area contributed by atoms with Crippen molar-refractivity contribution in [1.29, 1.82) is 0 Å². The molecule has 1 unspecified atom stereocenters. The van der Waals surface area contributed by atoms with Crippen LogP contribution in [0.4, 0.5) is 5.69 Å². The van der Waals surface area contributed by atoms with Crippen LogP contribution in [0, 0.1) is 0 Å². The Hall–Kier alpha value is -1.99. The molecule has 2 heterocycles. The molecule has 1 atom stereocenters. The second-order valence-electron chi connectivity index (χ2n) is 6.69. The molecule has 1 aromatic heterocycles. The number of carbonyl (C=O) groups is 2. The molecule has 1 aromatic carbocycles. The van der Waals surface area contributed by atoms with E-state index in [0.29, 0.717) is 28.7 Å². The van der Waals surface area contributed by atoms with Crippen molar-refractivity contribution in [2.45, 2.75) is 44.9 Å². The van der Waals surface area contributed by atoms with Crippen molar-refractivity contribution >= 4 is 40.4 Å². The number of unbranched alkanes of at least 4 members (excludes halogenated alkanes) is 1. The number of anilines is 1. The summed E-state index contributed by atoms with van der Waals surface area (Å²) in [4.78, 5) is 26.6. The molecular weight excluding hydrogens is 384 g/mol. The lowest BCUT2D eigenvalue weighted by Crippen LogP contribution is -2.38. The fourth-order valence-corrected chi connectivity index (χ4v) is 4.19. The molecule has 0 bridgehead atoms. The van der Waals surface area contributed by atoms with Gasteiger partial charge in [0.2, 0.25) is 10.9 Å². The van der Waals surface area contributed by atoms with E-state index in [1.54, 1.807) is 24.3 Å². The number of hydrogen-bond acceptors (Lipinski definition) is 5. The normalized spacial score (nSPS) is 17.0. The van der Waals surface area contributed by atoms with Crippen LogP contribution < -0.4 is 5.32 Å². The monoisotopic (exact) mass is 406 g/mol. The minimum atomic E-state index is -0.298. The van der Waals surface area contributed by atoms with Crippen LogP contribution in [0.25, 0.3) is 0 Å². The SMILES string of the molecule is CCCCC(=O)N1CCCC(c2nnc(C(=O)Nc3cccc(Cl)c3)s2)C1. The summed E-state index contributed by atoms with van der Waals surface area (Å²) in [5.74, 6) is 0.0623. The summed E-state index contributed by atoms with van der Waals surface area (Å²) < 4.78 is 0. The number of rotatable bonds is 6. The molecule has 1 fully saturated rings. The van der Waals surface area contributed by atoms with Crippen molar-refractivity contribution in [3.63, 3.8) is 0 Å². The standard InChI is InChI=1S/C19H23ClN4O2S/c1-2-3-9-16(25)24-10-5-6-13(12-24)18-22-23-19(27-18)17(26)21-15-8-4-7-14(20)11-15/h4,7-8,11,13H,2-3,5-6,9-10,12H2,1H3,(H,21,26). The Morgan fingerprint density at radius 1 is 1.37 bits per heavy atom. The number of nitrogens with zero attached hydrogens (tertiary/aromatic N) is 3. The molecule has 0 spiro atoms. The Morgan fingerprint density at radius 2 is 2.22 bits per heavy atom. The molecule has 0 radical (unpaired) electrons. The Bertz CT molecular complexity index is 811. The van der Waals surface area contributed by atoms with E-state index < -0.39 is 0 Å². The molecule has 2 aromatic rings. The number of aromatic nitrogens is 2. The number of likely N-dealkylation sites (tertiary alicyclic amines) is 1. The van der Waals surface area contributed by atoms with Crippen molar-refractivity contribution in [2.24, 2.45) is 0 Å². The van der Waals surface area contributed by atoms with Gasteiger partial charge < -0.3 is 10.2 Å². The molecule has 3 rings (SSSR count). The van der Waals surface area contributed by atoms with E-state index in [9.17, 15) is 9.59 Å². The van der Waals surface area contributed by atoms with Crippen LogP contribution in [0.15, 0.2) is 24.3 Å². The van der Waals surface area contributed by atoms with Crippen LogP contribution in [0.3, 0.4) is 0 Å². The van der Waals surface area contributed by atoms with E-state index in [2.05, 4.69) is 22.4 Å². The molecule has 6 nitrogen and oxygen atoms in total. The van der Waals surface area contributed by atoms with E-state index >= 15 is 0 Å². The zero-order valence-corrected chi connectivity index (χ0v) is 16.9. The molecule has 0 aliphatic carbocycles. The minimum absolute atomic E-state index is 0.148. The summed E-state index contributed by atoms with van der Waals surface area (Å²) in [7, 11) is 0. The minimum Gasteiger partial charge on any atom is -0.342 e. The predicted octanol–water partition coefficient (Wildman–Crippen LogP) is 4.34. The summed E-state index contributed by atoms with van der Waals surface area (Å²) in [6.07, 6.45) is 4.46. The average Bonchev–Trinajstić information content (AvgIpc) is 3.16. The van der Waals surface area contributed by atoms with Crippen molar-refractivity contribution in [3.05, 3.63) is 39.3 Å². The van der Waals surface area contributed by atoms with Gasteiger partial charge in [-0.2, -0.15) is 0 Å². The van der Waals surface area contributed by atoms with Gasteiger partial charge in [-0.1, -0.05) is 42.3 Å². The summed E-state index contributed by atoms with van der Waals surface area (Å²) in [5, 5.41) is 12.7. The Morgan fingerprint density at radius 3 is 3.00 bits per heavy atom. The quantitative estimate of drug-likeness (QED) is 0.774. The third-order valence-corrected chi connectivity index (χ3v) is 5.90. The maximum absolute atomic E-state index is 12.4. The lowest BCUT2D eigenvalue weighted by molar-refractivity contribution is -0.132. The summed E-state index contributed by atoms with van der Waals surface area (Å²) in [6.45, 7) is 3.55. The number of amides is 2. The average molecular weight is 407 g/mol. The van der Waals surface area contributed by atoms with E-state index in [0.717, 1.165) is 37.2 Å². The number of piperidine rings is 1. The van der Waals surface area contributed by atoms with Gasteiger partial charge >= 0.3 is 0 Å². The first-order valence-corrected chi connectivity index (χ1v) is 10.4. The largest absolute Gasteiger partial charge is 0.342 e. The molecule has 8 heteroatoms. The number of halogens is 1. The van der Waals surface area contributed by atoms with Crippen molar-refractivity contribution in [2.75, 3.05) is 18.4 Å². The lowest BCUT2D eigenvalue weighted by atomic mass is 9.98. The fourth-order valence-electron chi connectivity index (χ4n) is 3.13. The zero-order chi connectivity index (χ0) is 19.2. The van der Waals surface area contributed by atoms with Crippen LogP contribution in [0.1, 0.15) is 59.8 Å². The van der Waals surface area contributed by atoms with Gasteiger partial charge in [0.1, 0.15) is 5.01 Å². The molecule has 1 aliphatic heterocycles. The molecule has 144 valence electrons. The Kier molecular flexibility index (Phi) is 6.79. The highest BCUT2D eigenvalue weighted by atomic mass is 35.5. The van der Waals surface area contributed by atoms with Gasteiger partial charge in [0.25, 0.3) is 5.91 Å². The van der Waals surface area contributed by atoms with Gasteiger partial charge in [-0.25, -0.2) is 0 Å². The van der Waals surface area contributed by atoms with E-state index in [4.69, 9.17) is 11.6 Å². The molecule has 27 heavy (non-hydrogen) atoms. The van der Waals surface area contributed by atoms with Gasteiger partial charge in [0.15, 0.2) is 0 Å². The van der Waals surface area contributed by atoms with Crippen molar-refractivity contribution < 1.29 is 9.59 Å². The molecular formula is C19H23ClN4O2S. The number of nitrogens with one attached hydrogen (secondary N) is 1. The molecule has 1 aliphatic rings. The molecule has 1 N–H and O–H groups in total. The summed E-state index contributed by atoms with van der Waals surface area (Å²) in [6, 6.07) is 6.97. The first-order valence-electron chi connectivity index (χ1n) is 9.25. The van der Waals surface area contributed by atoms with Crippen LogP contribution in [-0.4, -0.2) is 40.0 Å². The highest BCUT2D eigenvalue weighted by molar-refractivity contribution is 7.13. The first kappa shape index (κ1) is 19.8. The third-order valence-electron chi connectivity index (χ3n) is 4.58. The summed E-state index contributed by atoms with van der Waals surface area (Å²) >= 11 is 7.24. The van der Waals surface area contributed by atoms with Crippen LogP contribution in [0.5, 0.6) is 0 Å². The predicted molar refractivity (Wildman–Crippen MR) is 107 cm³/mol. The van der Waals surface area contributed by atoms with Gasteiger partial charge in [-0.15, -0.1) is 10.2 Å². The highest BCUT2D eigenvalue weighted by Gasteiger charge is 2.27. The lowest BCUT2D eigenvalue weighted by Gasteiger charge is -2.31. The molecule has 1 saturated heterocycles. The van der Waals surface area contributed by atoms with Crippen molar-refractivity contribution in [3.8, 4) is 0 Å².